The number of aryl methyl sites for hydroxylation is 2. The molecule has 0 atom stereocenters. The number of aliphatic carboxylic acids is 1. The van der Waals surface area contributed by atoms with Crippen LogP contribution in [0.1, 0.15) is 51.1 Å². The van der Waals surface area contributed by atoms with E-state index < -0.39 is 5.97 Å². The third kappa shape index (κ3) is 6.66. The Hall–Kier alpha value is -0.970. The quantitative estimate of drug-likeness (QED) is 0.525. The van der Waals surface area contributed by atoms with Crippen molar-refractivity contribution in [3.05, 3.63) is 11.9 Å². The molecule has 4 nitrogen and oxygen atoms in total. The molecule has 5 heteroatoms. The number of carbonyl (C=O) groups is 1. The highest BCUT2D eigenvalue weighted by molar-refractivity contribution is 7.99. The third-order valence-electron chi connectivity index (χ3n) is 2.94. The monoisotopic (exact) mass is 284 g/mol. The van der Waals surface area contributed by atoms with Crippen LogP contribution in [-0.4, -0.2) is 26.4 Å². The first kappa shape index (κ1) is 16.1. The average molecular weight is 284 g/mol. The smallest absolute Gasteiger partial charge is 0.313 e. The van der Waals surface area contributed by atoms with Crippen molar-refractivity contribution < 1.29 is 9.90 Å². The number of carboxylic acids is 1. The van der Waals surface area contributed by atoms with Crippen LogP contribution in [0.4, 0.5) is 0 Å². The second-order valence-electron chi connectivity index (χ2n) is 4.81. The zero-order valence-corrected chi connectivity index (χ0v) is 12.7. The second-order valence-corrected chi connectivity index (χ2v) is 5.75. The van der Waals surface area contributed by atoms with Gasteiger partial charge in [0.1, 0.15) is 0 Å². The highest BCUT2D eigenvalue weighted by atomic mass is 32.2. The van der Waals surface area contributed by atoms with Gasteiger partial charge in [-0.1, -0.05) is 50.8 Å². The average Bonchev–Trinajstić information content (AvgIpc) is 2.71. The molecule has 0 aliphatic heterocycles. The Morgan fingerprint density at radius 2 is 2.00 bits per heavy atom. The summed E-state index contributed by atoms with van der Waals surface area (Å²) in [6.07, 6.45) is 9.59. The fourth-order valence-electron chi connectivity index (χ4n) is 1.99. The molecule has 0 spiro atoms. The van der Waals surface area contributed by atoms with Gasteiger partial charge in [-0.2, -0.15) is 0 Å². The molecule has 1 aromatic rings. The van der Waals surface area contributed by atoms with Gasteiger partial charge in [-0.05, 0) is 13.3 Å². The van der Waals surface area contributed by atoms with Crippen molar-refractivity contribution in [2.45, 2.75) is 64.1 Å². The lowest BCUT2D eigenvalue weighted by Crippen LogP contribution is -2.03. The van der Waals surface area contributed by atoms with Crippen LogP contribution in [0.15, 0.2) is 11.4 Å². The van der Waals surface area contributed by atoms with E-state index in [4.69, 9.17) is 5.11 Å². The Labute approximate surface area is 119 Å². The lowest BCUT2D eigenvalue weighted by Gasteiger charge is -2.06. The first-order valence-corrected chi connectivity index (χ1v) is 8.00. The van der Waals surface area contributed by atoms with E-state index in [0.717, 1.165) is 23.8 Å². The molecule has 1 heterocycles. The highest BCUT2D eigenvalue weighted by Gasteiger charge is 2.08. The van der Waals surface area contributed by atoms with E-state index in [1.54, 1.807) is 0 Å². The van der Waals surface area contributed by atoms with Crippen molar-refractivity contribution in [1.82, 2.24) is 9.55 Å². The molecule has 0 aliphatic carbocycles. The lowest BCUT2D eigenvalue weighted by atomic mass is 10.1. The first-order chi connectivity index (χ1) is 9.13. The van der Waals surface area contributed by atoms with E-state index in [1.807, 2.05) is 13.1 Å². The van der Waals surface area contributed by atoms with Gasteiger partial charge in [0.05, 0.1) is 11.4 Å². The Bertz CT molecular complexity index is 391. The molecule has 0 saturated carbocycles. The zero-order valence-electron chi connectivity index (χ0n) is 11.9. The fraction of sp³-hybridized carbons (Fsp3) is 0.714. The van der Waals surface area contributed by atoms with Gasteiger partial charge in [-0.25, -0.2) is 4.98 Å². The van der Waals surface area contributed by atoms with Crippen LogP contribution in [0.2, 0.25) is 0 Å². The Kier molecular flexibility index (Phi) is 7.63. The number of hydrogen-bond donors (Lipinski definition) is 1. The SMILES string of the molecule is CCCCCCCCn1cc(C)nc1SCC(=O)O. The molecule has 1 rings (SSSR count). The minimum Gasteiger partial charge on any atom is -0.481 e. The minimum absolute atomic E-state index is 0.0763. The van der Waals surface area contributed by atoms with Crippen molar-refractivity contribution in [1.29, 1.82) is 0 Å². The summed E-state index contributed by atoms with van der Waals surface area (Å²) in [5, 5.41) is 9.54. The summed E-state index contributed by atoms with van der Waals surface area (Å²) in [6, 6.07) is 0. The predicted octanol–water partition coefficient (Wildman–Crippen LogP) is 3.73. The van der Waals surface area contributed by atoms with E-state index in [1.165, 1.54) is 43.9 Å². The maximum absolute atomic E-state index is 10.6. The number of thioether (sulfide) groups is 1. The Balaban J connectivity index is 2.33. The second kappa shape index (κ2) is 9.02. The fourth-order valence-corrected chi connectivity index (χ4v) is 2.76. The molecule has 0 fully saturated rings. The van der Waals surface area contributed by atoms with Gasteiger partial charge in [0.15, 0.2) is 5.16 Å². The van der Waals surface area contributed by atoms with Crippen molar-refractivity contribution >= 4 is 17.7 Å². The molecule has 19 heavy (non-hydrogen) atoms. The number of aromatic nitrogens is 2. The van der Waals surface area contributed by atoms with Gasteiger partial charge in [-0.15, -0.1) is 0 Å². The van der Waals surface area contributed by atoms with Crippen LogP contribution in [-0.2, 0) is 11.3 Å². The molecular weight excluding hydrogens is 260 g/mol. The van der Waals surface area contributed by atoms with E-state index in [0.29, 0.717) is 0 Å². The summed E-state index contributed by atoms with van der Waals surface area (Å²) in [5.74, 6) is -0.718. The van der Waals surface area contributed by atoms with Crippen LogP contribution in [0, 0.1) is 6.92 Å². The van der Waals surface area contributed by atoms with Crippen LogP contribution in [0.3, 0.4) is 0 Å². The van der Waals surface area contributed by atoms with E-state index in [9.17, 15) is 4.79 Å². The number of imidazole rings is 1. The molecule has 0 aromatic carbocycles. The molecule has 0 bridgehead atoms. The molecule has 0 unspecified atom stereocenters. The van der Waals surface area contributed by atoms with Crippen LogP contribution in [0.5, 0.6) is 0 Å². The molecule has 0 radical (unpaired) electrons. The minimum atomic E-state index is -0.795. The lowest BCUT2D eigenvalue weighted by molar-refractivity contribution is -0.133. The summed E-state index contributed by atoms with van der Waals surface area (Å²) in [7, 11) is 0. The summed E-state index contributed by atoms with van der Waals surface area (Å²) in [4.78, 5) is 15.0. The highest BCUT2D eigenvalue weighted by Crippen LogP contribution is 2.18. The Morgan fingerprint density at radius 1 is 1.32 bits per heavy atom. The van der Waals surface area contributed by atoms with E-state index in [2.05, 4.69) is 16.5 Å². The largest absolute Gasteiger partial charge is 0.481 e. The molecule has 1 aromatic heterocycles. The van der Waals surface area contributed by atoms with Gasteiger partial charge in [0.25, 0.3) is 0 Å². The summed E-state index contributed by atoms with van der Waals surface area (Å²) in [5.41, 5.74) is 0.957. The molecular formula is C14H24N2O2S. The van der Waals surface area contributed by atoms with Crippen molar-refractivity contribution in [3.8, 4) is 0 Å². The number of rotatable bonds is 10. The van der Waals surface area contributed by atoms with Gasteiger partial charge in [0.2, 0.25) is 0 Å². The van der Waals surface area contributed by atoms with Crippen LogP contribution < -0.4 is 0 Å². The number of carboxylic acid groups (broad SMARTS) is 1. The molecule has 0 amide bonds. The summed E-state index contributed by atoms with van der Waals surface area (Å²) < 4.78 is 2.09. The molecule has 108 valence electrons. The third-order valence-corrected chi connectivity index (χ3v) is 3.91. The van der Waals surface area contributed by atoms with Gasteiger partial charge in [-0.3, -0.25) is 4.79 Å². The normalized spacial score (nSPS) is 10.8. The number of unbranched alkanes of at least 4 members (excludes halogenated alkanes) is 5. The van der Waals surface area contributed by atoms with Crippen molar-refractivity contribution in [3.63, 3.8) is 0 Å². The van der Waals surface area contributed by atoms with E-state index >= 15 is 0 Å². The van der Waals surface area contributed by atoms with Gasteiger partial charge >= 0.3 is 5.97 Å². The number of nitrogens with zero attached hydrogens (tertiary/aromatic N) is 2. The first-order valence-electron chi connectivity index (χ1n) is 7.02. The summed E-state index contributed by atoms with van der Waals surface area (Å²) >= 11 is 1.30. The molecule has 0 aliphatic rings. The molecule has 0 saturated heterocycles. The Morgan fingerprint density at radius 3 is 2.68 bits per heavy atom. The number of hydrogen-bond acceptors (Lipinski definition) is 3. The van der Waals surface area contributed by atoms with Gasteiger partial charge in [0, 0.05) is 12.7 Å². The van der Waals surface area contributed by atoms with Crippen LogP contribution in [0.25, 0.3) is 0 Å². The summed E-state index contributed by atoms with van der Waals surface area (Å²) in [6.45, 7) is 5.11. The predicted molar refractivity (Wildman–Crippen MR) is 78.7 cm³/mol. The standard InChI is InChI=1S/C14H24N2O2S/c1-3-4-5-6-7-8-9-16-10-12(2)15-14(16)19-11-13(17)18/h10H,3-9,11H2,1-2H3,(H,17,18). The maximum Gasteiger partial charge on any atom is 0.313 e. The zero-order chi connectivity index (χ0) is 14.1. The maximum atomic E-state index is 10.6. The van der Waals surface area contributed by atoms with Crippen LogP contribution >= 0.6 is 11.8 Å². The van der Waals surface area contributed by atoms with Gasteiger partial charge < -0.3 is 9.67 Å². The van der Waals surface area contributed by atoms with Crippen molar-refractivity contribution in [2.75, 3.05) is 5.75 Å². The molecule has 1 N–H and O–H groups in total. The van der Waals surface area contributed by atoms with E-state index in [-0.39, 0.29) is 5.75 Å². The topological polar surface area (TPSA) is 55.1 Å². The van der Waals surface area contributed by atoms with Crippen molar-refractivity contribution in [2.24, 2.45) is 0 Å².